The second-order valence-corrected chi connectivity index (χ2v) is 12.3. The van der Waals surface area contributed by atoms with Gasteiger partial charge in [0.05, 0.1) is 37.3 Å². The number of carboxylic acids is 2. The van der Waals surface area contributed by atoms with Crippen LogP contribution >= 0.6 is 7.26 Å². The molecule has 0 fully saturated rings. The van der Waals surface area contributed by atoms with E-state index in [1.54, 1.807) is 12.1 Å². The predicted molar refractivity (Wildman–Crippen MR) is 133 cm³/mol. The summed E-state index contributed by atoms with van der Waals surface area (Å²) in [6, 6.07) is 10.4. The molecule has 2 aromatic carbocycles. The van der Waals surface area contributed by atoms with Crippen LogP contribution in [-0.4, -0.2) is 45.7 Å². The lowest BCUT2D eigenvalue weighted by atomic mass is 10.1. The molecule has 0 aliphatic carbocycles. The van der Waals surface area contributed by atoms with Gasteiger partial charge in [-0.2, -0.15) is 0 Å². The standard InChI is InChI=1S/C18H31O2P.C8H6O4/c1-4-7-12-21(13-8-5-2,14-9-6-3)18-15-16(19)10-11-17(18)20;9-7(10)5-3-1-2-4-6(5)8(11)12/h10-11,15H,4-9,12-14H2,1-3H3,(H-,19,20);1-4H,(H,9,10)(H,11,12). The van der Waals surface area contributed by atoms with Gasteiger partial charge in [-0.3, -0.25) is 0 Å². The first-order chi connectivity index (χ1) is 15.7. The number of benzene rings is 2. The van der Waals surface area contributed by atoms with E-state index in [1.807, 2.05) is 6.07 Å². The summed E-state index contributed by atoms with van der Waals surface area (Å²) in [5.41, 5.74) is -0.553. The van der Waals surface area contributed by atoms with Crippen molar-refractivity contribution in [2.45, 2.75) is 59.3 Å². The second-order valence-electron chi connectivity index (χ2n) is 8.19. The van der Waals surface area contributed by atoms with Crippen molar-refractivity contribution in [1.29, 1.82) is 0 Å². The van der Waals surface area contributed by atoms with Crippen LogP contribution < -0.4 is 10.4 Å². The Balaban J connectivity index is 0.000000383. The highest BCUT2D eigenvalue weighted by Gasteiger charge is 2.40. The largest absolute Gasteiger partial charge is 0.545 e. The van der Waals surface area contributed by atoms with E-state index in [0.717, 1.165) is 5.30 Å². The maximum Gasteiger partial charge on any atom is 0.336 e. The number of aromatic hydroxyl groups is 2. The highest BCUT2D eigenvalue weighted by atomic mass is 31.2. The van der Waals surface area contributed by atoms with E-state index in [-0.39, 0.29) is 16.9 Å². The van der Waals surface area contributed by atoms with Crippen molar-refractivity contribution >= 4 is 24.5 Å². The number of phenolic OH excluding ortho intramolecular Hbond substituents is 2. The normalized spacial score (nSPS) is 10.9. The van der Waals surface area contributed by atoms with Crippen molar-refractivity contribution in [1.82, 2.24) is 0 Å². The molecule has 0 amide bonds. The van der Waals surface area contributed by atoms with Gasteiger partial charge in [-0.25, -0.2) is 4.79 Å². The van der Waals surface area contributed by atoms with E-state index >= 15 is 0 Å². The van der Waals surface area contributed by atoms with Gasteiger partial charge in [-0.15, -0.1) is 0 Å². The maximum absolute atomic E-state index is 10.4. The molecule has 0 saturated carbocycles. The number of carbonyl (C=O) groups is 2. The zero-order valence-corrected chi connectivity index (χ0v) is 20.8. The first kappa shape index (κ1) is 28.4. The van der Waals surface area contributed by atoms with Crippen molar-refractivity contribution in [2.75, 3.05) is 18.5 Å². The summed E-state index contributed by atoms with van der Waals surface area (Å²) in [7, 11) is -1.37. The summed E-state index contributed by atoms with van der Waals surface area (Å²) in [6.07, 6.45) is 10.9. The fourth-order valence-electron chi connectivity index (χ4n) is 3.82. The minimum atomic E-state index is -1.48. The van der Waals surface area contributed by atoms with Gasteiger partial charge in [0.25, 0.3) is 0 Å². The summed E-state index contributed by atoms with van der Waals surface area (Å²) in [5, 5.41) is 40.2. The molecular weight excluding hydrogens is 439 g/mol. The van der Waals surface area contributed by atoms with E-state index < -0.39 is 19.2 Å². The Labute approximate surface area is 197 Å². The summed E-state index contributed by atoms with van der Waals surface area (Å²) in [5.74, 6) is -2.07. The average molecular weight is 477 g/mol. The van der Waals surface area contributed by atoms with Crippen LogP contribution in [0.4, 0.5) is 0 Å². The third-order valence-corrected chi connectivity index (χ3v) is 10.6. The lowest BCUT2D eigenvalue weighted by molar-refractivity contribution is -0.255. The molecule has 0 unspecified atom stereocenters. The smallest absolute Gasteiger partial charge is 0.336 e. The molecular formula is C26H37O6P. The summed E-state index contributed by atoms with van der Waals surface area (Å²) in [6.45, 7) is 6.70. The quantitative estimate of drug-likeness (QED) is 0.297. The lowest BCUT2D eigenvalue weighted by Gasteiger charge is -2.28. The predicted octanol–water partition coefficient (Wildman–Crippen LogP) is 4.89. The van der Waals surface area contributed by atoms with Crippen LogP contribution in [0.5, 0.6) is 11.5 Å². The van der Waals surface area contributed by atoms with E-state index in [1.165, 1.54) is 81.3 Å². The zero-order chi connectivity index (χ0) is 24.9. The van der Waals surface area contributed by atoms with Gasteiger partial charge < -0.3 is 25.2 Å². The molecule has 0 heterocycles. The average Bonchev–Trinajstić information content (AvgIpc) is 2.81. The first-order valence-electron chi connectivity index (χ1n) is 11.6. The molecule has 0 aliphatic heterocycles. The Morgan fingerprint density at radius 2 is 1.30 bits per heavy atom. The Morgan fingerprint density at radius 3 is 1.70 bits per heavy atom. The first-order valence-corrected chi connectivity index (χ1v) is 14.0. The number of carboxylic acid groups (broad SMARTS) is 2. The molecule has 7 heteroatoms. The summed E-state index contributed by atoms with van der Waals surface area (Å²) < 4.78 is 0. The molecule has 2 aromatic rings. The van der Waals surface area contributed by atoms with Crippen molar-refractivity contribution in [3.05, 3.63) is 53.6 Å². The Morgan fingerprint density at radius 1 is 0.818 bits per heavy atom. The van der Waals surface area contributed by atoms with Crippen LogP contribution in [-0.2, 0) is 0 Å². The second kappa shape index (κ2) is 14.5. The minimum absolute atomic E-state index is 0.252. The number of hydrogen-bond acceptors (Lipinski definition) is 5. The number of unbranched alkanes of at least 4 members (excludes halogenated alkanes) is 3. The molecule has 3 N–H and O–H groups in total. The highest BCUT2D eigenvalue weighted by Crippen LogP contribution is 2.61. The zero-order valence-electron chi connectivity index (χ0n) is 19.9. The Hall–Kier alpha value is -2.59. The van der Waals surface area contributed by atoms with Gasteiger partial charge in [0, 0.05) is 11.6 Å². The molecule has 0 bridgehead atoms. The van der Waals surface area contributed by atoms with Gasteiger partial charge in [-0.1, -0.05) is 58.2 Å². The van der Waals surface area contributed by atoms with Crippen LogP contribution in [0.15, 0.2) is 42.5 Å². The van der Waals surface area contributed by atoms with E-state index in [4.69, 9.17) is 5.11 Å². The molecule has 0 radical (unpaired) electrons. The van der Waals surface area contributed by atoms with Crippen LogP contribution in [0, 0.1) is 0 Å². The molecule has 182 valence electrons. The van der Waals surface area contributed by atoms with Crippen molar-refractivity contribution in [3.8, 4) is 11.5 Å². The topological polar surface area (TPSA) is 118 Å². The monoisotopic (exact) mass is 476 g/mol. The fourth-order valence-corrected chi connectivity index (χ4v) is 8.94. The number of phenols is 2. The molecule has 6 nitrogen and oxygen atoms in total. The third kappa shape index (κ3) is 8.70. The summed E-state index contributed by atoms with van der Waals surface area (Å²) in [4.78, 5) is 20.8. The number of carbonyl (C=O) groups excluding carboxylic acids is 1. The van der Waals surface area contributed by atoms with Crippen molar-refractivity contribution < 1.29 is 30.0 Å². The van der Waals surface area contributed by atoms with Gasteiger partial charge in [-0.05, 0) is 37.5 Å². The Bertz CT molecular complexity index is 841. The van der Waals surface area contributed by atoms with E-state index in [0.29, 0.717) is 5.75 Å². The third-order valence-electron chi connectivity index (χ3n) is 5.67. The number of hydrogen-bond donors (Lipinski definition) is 3. The molecule has 33 heavy (non-hydrogen) atoms. The maximum atomic E-state index is 10.4. The molecule has 2 rings (SSSR count). The number of aromatic carboxylic acids is 2. The van der Waals surface area contributed by atoms with Crippen LogP contribution in [0.3, 0.4) is 0 Å². The van der Waals surface area contributed by atoms with Crippen LogP contribution in [0.2, 0.25) is 0 Å². The van der Waals surface area contributed by atoms with Gasteiger partial charge in [0.15, 0.2) is 5.75 Å². The van der Waals surface area contributed by atoms with Crippen LogP contribution in [0.1, 0.15) is 80.0 Å². The van der Waals surface area contributed by atoms with Crippen molar-refractivity contribution in [2.24, 2.45) is 0 Å². The van der Waals surface area contributed by atoms with E-state index in [9.17, 15) is 24.9 Å². The molecule has 0 aliphatic rings. The summed E-state index contributed by atoms with van der Waals surface area (Å²) >= 11 is 0. The van der Waals surface area contributed by atoms with Gasteiger partial charge in [0.2, 0.25) is 0 Å². The molecule has 0 aromatic heterocycles. The lowest BCUT2D eigenvalue weighted by Crippen LogP contribution is -2.24. The molecule has 0 saturated heterocycles. The number of rotatable bonds is 12. The molecule has 0 atom stereocenters. The SMILES string of the molecule is CCCC[P+](CCCC)(CCCC)c1cc(O)ccc1O.O=C([O-])c1ccccc1C(=O)O. The van der Waals surface area contributed by atoms with Crippen LogP contribution in [0.25, 0.3) is 0 Å². The van der Waals surface area contributed by atoms with E-state index in [2.05, 4.69) is 20.8 Å². The Kier molecular flexibility index (Phi) is 12.5. The van der Waals surface area contributed by atoms with Gasteiger partial charge >= 0.3 is 5.97 Å². The van der Waals surface area contributed by atoms with Crippen molar-refractivity contribution in [3.63, 3.8) is 0 Å². The molecule has 0 spiro atoms. The minimum Gasteiger partial charge on any atom is -0.545 e. The van der Waals surface area contributed by atoms with Gasteiger partial charge in [0.1, 0.15) is 11.1 Å². The fraction of sp³-hybridized carbons (Fsp3) is 0.462. The highest BCUT2D eigenvalue weighted by molar-refractivity contribution is 7.83.